The van der Waals surface area contributed by atoms with Gasteiger partial charge in [0.05, 0.1) is 21.9 Å². The molecule has 0 aliphatic heterocycles. The molecule has 5 nitrogen and oxygen atoms in total. The van der Waals surface area contributed by atoms with Crippen molar-refractivity contribution in [2.75, 3.05) is 12.4 Å². The van der Waals surface area contributed by atoms with Crippen LogP contribution in [0.3, 0.4) is 0 Å². The minimum absolute atomic E-state index is 0.708. The predicted molar refractivity (Wildman–Crippen MR) is 75.6 cm³/mol. The van der Waals surface area contributed by atoms with Crippen molar-refractivity contribution in [3.8, 4) is 11.4 Å². The summed E-state index contributed by atoms with van der Waals surface area (Å²) in [6, 6.07) is 0. The van der Waals surface area contributed by atoms with Crippen LogP contribution in [0, 0.1) is 0 Å². The van der Waals surface area contributed by atoms with E-state index in [2.05, 4.69) is 50.2 Å². The van der Waals surface area contributed by atoms with Crippen LogP contribution >= 0.6 is 15.9 Å². The molecule has 96 valence electrons. The zero-order valence-electron chi connectivity index (χ0n) is 10.7. The van der Waals surface area contributed by atoms with Crippen molar-refractivity contribution in [3.63, 3.8) is 0 Å². The van der Waals surface area contributed by atoms with Gasteiger partial charge in [0.15, 0.2) is 5.82 Å². The van der Waals surface area contributed by atoms with Crippen molar-refractivity contribution in [2.24, 2.45) is 0 Å². The molecule has 18 heavy (non-hydrogen) atoms. The lowest BCUT2D eigenvalue weighted by Crippen LogP contribution is -2.02. The summed E-state index contributed by atoms with van der Waals surface area (Å²) in [5.74, 6) is 1.51. The van der Waals surface area contributed by atoms with Gasteiger partial charge in [-0.2, -0.15) is 5.10 Å². The Morgan fingerprint density at radius 1 is 1.33 bits per heavy atom. The van der Waals surface area contributed by atoms with Crippen molar-refractivity contribution < 1.29 is 0 Å². The predicted octanol–water partition coefficient (Wildman–Crippen LogP) is 2.73. The monoisotopic (exact) mass is 309 g/mol. The molecule has 2 rings (SSSR count). The smallest absolute Gasteiger partial charge is 0.165 e. The van der Waals surface area contributed by atoms with Crippen molar-refractivity contribution in [2.45, 2.75) is 26.8 Å². The SMILES string of the molecule is CCc1nc(-c2cnn(CC)c2)nc(NC)c1Br. The Hall–Kier alpha value is -1.43. The van der Waals surface area contributed by atoms with Crippen LogP contribution in [0.4, 0.5) is 5.82 Å². The third kappa shape index (κ3) is 2.38. The van der Waals surface area contributed by atoms with E-state index in [-0.39, 0.29) is 0 Å². The normalized spacial score (nSPS) is 10.7. The number of hydrogen-bond donors (Lipinski definition) is 1. The molecule has 0 spiro atoms. The van der Waals surface area contributed by atoms with Crippen LogP contribution < -0.4 is 5.32 Å². The van der Waals surface area contributed by atoms with Gasteiger partial charge in [-0.15, -0.1) is 0 Å². The minimum Gasteiger partial charge on any atom is -0.372 e. The fourth-order valence-electron chi connectivity index (χ4n) is 1.67. The van der Waals surface area contributed by atoms with E-state index in [0.717, 1.165) is 34.5 Å². The van der Waals surface area contributed by atoms with E-state index in [1.54, 1.807) is 6.20 Å². The summed E-state index contributed by atoms with van der Waals surface area (Å²) in [5, 5.41) is 7.32. The quantitative estimate of drug-likeness (QED) is 0.943. The second-order valence-corrected chi connectivity index (χ2v) is 4.64. The molecule has 0 atom stereocenters. The maximum Gasteiger partial charge on any atom is 0.165 e. The largest absolute Gasteiger partial charge is 0.372 e. The summed E-state index contributed by atoms with van der Waals surface area (Å²) in [7, 11) is 1.85. The van der Waals surface area contributed by atoms with Crippen LogP contribution in [0.1, 0.15) is 19.5 Å². The van der Waals surface area contributed by atoms with E-state index in [1.165, 1.54) is 0 Å². The van der Waals surface area contributed by atoms with Crippen LogP contribution in [0.25, 0.3) is 11.4 Å². The van der Waals surface area contributed by atoms with Gasteiger partial charge in [0.1, 0.15) is 5.82 Å². The molecule has 0 fully saturated rings. The number of anilines is 1. The Labute approximate surface area is 115 Å². The third-order valence-corrected chi connectivity index (χ3v) is 3.54. The zero-order chi connectivity index (χ0) is 13.1. The summed E-state index contributed by atoms with van der Waals surface area (Å²) in [5.41, 5.74) is 1.93. The van der Waals surface area contributed by atoms with Crippen molar-refractivity contribution in [3.05, 3.63) is 22.6 Å². The maximum atomic E-state index is 4.57. The van der Waals surface area contributed by atoms with Crippen LogP contribution in [-0.4, -0.2) is 26.8 Å². The summed E-state index contributed by atoms with van der Waals surface area (Å²) in [4.78, 5) is 9.06. The average Bonchev–Trinajstić information content (AvgIpc) is 2.88. The highest BCUT2D eigenvalue weighted by Gasteiger charge is 2.12. The van der Waals surface area contributed by atoms with E-state index in [0.29, 0.717) is 5.82 Å². The standard InChI is InChI=1S/C12H16BrN5/c1-4-9-10(13)12(14-3)17-11(16-9)8-6-15-18(5-2)7-8/h6-7H,4-5H2,1-3H3,(H,14,16,17). The number of hydrogen-bond acceptors (Lipinski definition) is 4. The van der Waals surface area contributed by atoms with Crippen LogP contribution in [-0.2, 0) is 13.0 Å². The van der Waals surface area contributed by atoms with Gasteiger partial charge in [-0.25, -0.2) is 9.97 Å². The summed E-state index contributed by atoms with van der Waals surface area (Å²) in [6.07, 6.45) is 4.61. The summed E-state index contributed by atoms with van der Waals surface area (Å²) in [6.45, 7) is 4.97. The first-order chi connectivity index (χ1) is 8.69. The fraction of sp³-hybridized carbons (Fsp3) is 0.417. The van der Waals surface area contributed by atoms with E-state index in [9.17, 15) is 0 Å². The number of nitrogens with one attached hydrogen (secondary N) is 1. The lowest BCUT2D eigenvalue weighted by Gasteiger charge is -2.08. The maximum absolute atomic E-state index is 4.57. The number of aromatic nitrogens is 4. The van der Waals surface area contributed by atoms with Gasteiger partial charge in [0, 0.05) is 19.8 Å². The highest BCUT2D eigenvalue weighted by Crippen LogP contribution is 2.27. The summed E-state index contributed by atoms with van der Waals surface area (Å²) >= 11 is 3.52. The second kappa shape index (κ2) is 5.48. The molecule has 2 aromatic rings. The molecule has 0 aliphatic carbocycles. The topological polar surface area (TPSA) is 55.6 Å². The van der Waals surface area contributed by atoms with Gasteiger partial charge in [-0.1, -0.05) is 6.92 Å². The molecule has 0 radical (unpaired) electrons. The van der Waals surface area contributed by atoms with Crippen molar-refractivity contribution in [1.29, 1.82) is 0 Å². The molecular weight excluding hydrogens is 294 g/mol. The van der Waals surface area contributed by atoms with Gasteiger partial charge in [0.2, 0.25) is 0 Å². The van der Waals surface area contributed by atoms with Gasteiger partial charge in [-0.05, 0) is 29.3 Å². The first-order valence-corrected chi connectivity index (χ1v) is 6.75. The Morgan fingerprint density at radius 2 is 2.11 bits per heavy atom. The molecular formula is C12H16BrN5. The molecule has 0 saturated carbocycles. The molecule has 0 amide bonds. The van der Waals surface area contributed by atoms with Crippen molar-refractivity contribution >= 4 is 21.7 Å². The molecule has 0 bridgehead atoms. The third-order valence-electron chi connectivity index (χ3n) is 2.71. The van der Waals surface area contributed by atoms with Gasteiger partial charge >= 0.3 is 0 Å². The Kier molecular flexibility index (Phi) is 3.96. The average molecular weight is 310 g/mol. The van der Waals surface area contributed by atoms with Crippen LogP contribution in [0.15, 0.2) is 16.9 Å². The second-order valence-electron chi connectivity index (χ2n) is 3.84. The summed E-state index contributed by atoms with van der Waals surface area (Å²) < 4.78 is 2.80. The van der Waals surface area contributed by atoms with Crippen LogP contribution in [0.2, 0.25) is 0 Å². The van der Waals surface area contributed by atoms with E-state index < -0.39 is 0 Å². The number of nitrogens with zero attached hydrogens (tertiary/aromatic N) is 4. The molecule has 1 N–H and O–H groups in total. The van der Waals surface area contributed by atoms with Crippen LogP contribution in [0.5, 0.6) is 0 Å². The molecule has 0 aliphatic rings. The lowest BCUT2D eigenvalue weighted by atomic mass is 10.2. The number of halogens is 1. The molecule has 6 heteroatoms. The molecule has 2 heterocycles. The first kappa shape index (κ1) is 13.0. The van der Waals surface area contributed by atoms with Gasteiger partial charge < -0.3 is 5.32 Å². The fourth-order valence-corrected chi connectivity index (χ4v) is 2.33. The van der Waals surface area contributed by atoms with E-state index in [4.69, 9.17) is 0 Å². The Bertz CT molecular complexity index is 524. The van der Waals surface area contributed by atoms with Crippen molar-refractivity contribution in [1.82, 2.24) is 19.7 Å². The Balaban J connectivity index is 2.50. The molecule has 0 saturated heterocycles. The van der Waals surface area contributed by atoms with Gasteiger partial charge in [-0.3, -0.25) is 4.68 Å². The highest BCUT2D eigenvalue weighted by molar-refractivity contribution is 9.10. The minimum atomic E-state index is 0.708. The highest BCUT2D eigenvalue weighted by atomic mass is 79.9. The Morgan fingerprint density at radius 3 is 2.67 bits per heavy atom. The first-order valence-electron chi connectivity index (χ1n) is 5.96. The van der Waals surface area contributed by atoms with E-state index in [1.807, 2.05) is 17.9 Å². The number of rotatable bonds is 4. The molecule has 0 unspecified atom stereocenters. The van der Waals surface area contributed by atoms with Gasteiger partial charge in [0.25, 0.3) is 0 Å². The zero-order valence-corrected chi connectivity index (χ0v) is 12.3. The lowest BCUT2D eigenvalue weighted by molar-refractivity contribution is 0.660. The molecule has 0 aromatic carbocycles. The number of aryl methyl sites for hydroxylation is 2. The van der Waals surface area contributed by atoms with E-state index >= 15 is 0 Å². The molecule has 2 aromatic heterocycles.